The molecule has 9 nitrogen and oxygen atoms in total. The van der Waals surface area contributed by atoms with Crippen LogP contribution in [0.1, 0.15) is 63.2 Å². The zero-order valence-electron chi connectivity index (χ0n) is 21.1. The van der Waals surface area contributed by atoms with E-state index in [0.29, 0.717) is 22.6 Å². The summed E-state index contributed by atoms with van der Waals surface area (Å²) < 4.78 is 21.6. The lowest BCUT2D eigenvalue weighted by Gasteiger charge is -2.26. The second-order valence-corrected chi connectivity index (χ2v) is 11.8. The number of hydrogen-bond donors (Lipinski definition) is 0. The number of carbonyl (C=O) groups is 2. The summed E-state index contributed by atoms with van der Waals surface area (Å²) in [4.78, 5) is 34.8. The number of aromatic nitrogens is 1. The number of anilines is 1. The zero-order chi connectivity index (χ0) is 25.0. The van der Waals surface area contributed by atoms with Gasteiger partial charge in [0.1, 0.15) is 27.5 Å². The molecule has 10 heteroatoms. The van der Waals surface area contributed by atoms with Crippen LogP contribution in [0, 0.1) is 0 Å². The molecule has 0 saturated heterocycles. The highest BCUT2D eigenvalue weighted by molar-refractivity contribution is 7.91. The molecule has 1 aromatic rings. The van der Waals surface area contributed by atoms with E-state index < -0.39 is 27.8 Å². The highest BCUT2D eigenvalue weighted by Gasteiger charge is 2.28. The molecule has 0 aliphatic heterocycles. The van der Waals surface area contributed by atoms with Gasteiger partial charge in [0.05, 0.1) is 24.0 Å². The maximum Gasteiger partial charge on any atom is 0.410 e. The summed E-state index contributed by atoms with van der Waals surface area (Å²) >= 11 is -1.53. The molecule has 1 aromatic heterocycles. The first-order valence-corrected chi connectivity index (χ1v) is 11.4. The number of carbonyl (C=O) groups excluding carboxylic acids is 2. The van der Waals surface area contributed by atoms with Crippen molar-refractivity contribution < 1.29 is 18.9 Å². The van der Waals surface area contributed by atoms with Crippen molar-refractivity contribution in [3.05, 3.63) is 22.9 Å². The summed E-state index contributed by atoms with van der Waals surface area (Å²) in [5, 5.41) is 0. The number of nitrogens with zero attached hydrogens (tertiary/aromatic N) is 5. The van der Waals surface area contributed by atoms with Gasteiger partial charge in [-0.25, -0.2) is 9.78 Å². The average Bonchev–Trinajstić information content (AvgIpc) is 2.62. The smallest absolute Gasteiger partial charge is 0.410 e. The molecule has 1 rings (SSSR count). The van der Waals surface area contributed by atoms with E-state index in [0.717, 1.165) is 0 Å². The predicted octanol–water partition coefficient (Wildman–Crippen LogP) is 3.10. The van der Waals surface area contributed by atoms with Crippen LogP contribution in [-0.4, -0.2) is 83.1 Å². The highest BCUT2D eigenvalue weighted by atomic mass is 32.2. The summed E-state index contributed by atoms with van der Waals surface area (Å²) in [6.45, 7) is 10.9. The Hall–Kier alpha value is -2.33. The van der Waals surface area contributed by atoms with Crippen molar-refractivity contribution >= 4 is 35.4 Å². The first kappa shape index (κ1) is 27.7. The number of rotatable bonds is 6. The highest BCUT2D eigenvalue weighted by Crippen LogP contribution is 2.23. The Kier molecular flexibility index (Phi) is 9.11. The van der Waals surface area contributed by atoms with E-state index in [-0.39, 0.29) is 12.5 Å². The number of hydrogen-bond acceptors (Lipinski definition) is 7. The van der Waals surface area contributed by atoms with Crippen LogP contribution >= 0.6 is 0 Å². The summed E-state index contributed by atoms with van der Waals surface area (Å²) in [6.07, 6.45) is 0.902. The van der Waals surface area contributed by atoms with Gasteiger partial charge in [0.2, 0.25) is 0 Å². The Labute approximate surface area is 195 Å². The molecule has 1 atom stereocenters. The fourth-order valence-corrected chi connectivity index (χ4v) is 2.91. The SMILES string of the molecule is CN(C)C(=O)c1cc(N(C)C)nc(CN(C)C(=O)OC(C)(C)C)c1/C=N/[S+]([O-])C(C)(C)C. The van der Waals surface area contributed by atoms with Gasteiger partial charge in [0.25, 0.3) is 5.91 Å². The maximum atomic E-state index is 13.0. The monoisotopic (exact) mass is 467 g/mol. The summed E-state index contributed by atoms with van der Waals surface area (Å²) in [7, 11) is 8.53. The molecule has 2 amide bonds. The number of amides is 2. The van der Waals surface area contributed by atoms with Crippen LogP contribution in [0.5, 0.6) is 0 Å². The fraction of sp³-hybridized carbons (Fsp3) is 0.636. The fourth-order valence-electron chi connectivity index (χ4n) is 2.39. The van der Waals surface area contributed by atoms with Crippen LogP contribution in [-0.2, 0) is 22.6 Å². The van der Waals surface area contributed by atoms with E-state index in [1.165, 1.54) is 16.0 Å². The third kappa shape index (κ3) is 7.98. The lowest BCUT2D eigenvalue weighted by atomic mass is 10.0. The van der Waals surface area contributed by atoms with E-state index >= 15 is 0 Å². The molecule has 0 saturated carbocycles. The number of ether oxygens (including phenoxy) is 1. The third-order valence-electron chi connectivity index (χ3n) is 4.11. The molecule has 1 unspecified atom stereocenters. The standard InChI is InChI=1S/C22H37N5O4S/c1-21(2,3)31-20(29)27(11)14-17-16(13-23-32(30)22(4,5)6)15(19(28)26(9)10)12-18(24-17)25(7)8/h12-13H,14H2,1-11H3/b23-13+. The van der Waals surface area contributed by atoms with Gasteiger partial charge >= 0.3 is 6.09 Å². The van der Waals surface area contributed by atoms with Crippen molar-refractivity contribution in [3.8, 4) is 0 Å². The Morgan fingerprint density at radius 3 is 2.12 bits per heavy atom. The van der Waals surface area contributed by atoms with Crippen molar-refractivity contribution in [2.75, 3.05) is 40.1 Å². The normalized spacial score (nSPS) is 13.1. The van der Waals surface area contributed by atoms with Crippen molar-refractivity contribution in [2.24, 2.45) is 4.40 Å². The molecule has 0 N–H and O–H groups in total. The van der Waals surface area contributed by atoms with Gasteiger partial charge < -0.3 is 24.0 Å². The minimum atomic E-state index is -1.53. The van der Waals surface area contributed by atoms with Crippen LogP contribution in [0.4, 0.5) is 10.6 Å². The summed E-state index contributed by atoms with van der Waals surface area (Å²) in [6, 6.07) is 1.67. The second-order valence-electron chi connectivity index (χ2n) is 9.91. The predicted molar refractivity (Wildman–Crippen MR) is 130 cm³/mol. The van der Waals surface area contributed by atoms with E-state index in [2.05, 4.69) is 9.38 Å². The largest absolute Gasteiger partial charge is 0.591 e. The van der Waals surface area contributed by atoms with Crippen LogP contribution in [0.15, 0.2) is 10.5 Å². The molecule has 0 fully saturated rings. The molecule has 180 valence electrons. The minimum Gasteiger partial charge on any atom is -0.591 e. The van der Waals surface area contributed by atoms with Gasteiger partial charge in [-0.3, -0.25) is 4.79 Å². The van der Waals surface area contributed by atoms with Crippen LogP contribution < -0.4 is 4.90 Å². The lowest BCUT2D eigenvalue weighted by Crippen LogP contribution is -2.34. The third-order valence-corrected chi connectivity index (χ3v) is 5.46. The molecule has 0 aromatic carbocycles. The summed E-state index contributed by atoms with van der Waals surface area (Å²) in [5.41, 5.74) is 0.576. The molecular weight excluding hydrogens is 430 g/mol. The van der Waals surface area contributed by atoms with Gasteiger partial charge in [-0.1, -0.05) is 4.40 Å². The van der Waals surface area contributed by atoms with Crippen molar-refractivity contribution in [3.63, 3.8) is 0 Å². The van der Waals surface area contributed by atoms with Gasteiger partial charge in [-0.05, 0) is 47.6 Å². The van der Waals surface area contributed by atoms with E-state index in [4.69, 9.17) is 4.74 Å². The first-order valence-electron chi connectivity index (χ1n) is 10.3. The topological polar surface area (TPSA) is 101 Å². The number of pyridine rings is 1. The second kappa shape index (κ2) is 10.5. The van der Waals surface area contributed by atoms with Crippen molar-refractivity contribution in [1.29, 1.82) is 0 Å². The van der Waals surface area contributed by atoms with Gasteiger partial charge in [0.15, 0.2) is 0 Å². The van der Waals surface area contributed by atoms with Crippen molar-refractivity contribution in [2.45, 2.75) is 58.4 Å². The van der Waals surface area contributed by atoms with E-state index in [1.54, 1.807) is 52.9 Å². The lowest BCUT2D eigenvalue weighted by molar-refractivity contribution is 0.0283. The molecular formula is C22H37N5O4S. The van der Waals surface area contributed by atoms with Gasteiger partial charge in [0, 0.05) is 40.8 Å². The molecule has 0 spiro atoms. The Balaban J connectivity index is 3.60. The molecule has 0 bridgehead atoms. The van der Waals surface area contributed by atoms with E-state index in [9.17, 15) is 14.1 Å². The van der Waals surface area contributed by atoms with Crippen molar-refractivity contribution in [1.82, 2.24) is 14.8 Å². The average molecular weight is 468 g/mol. The van der Waals surface area contributed by atoms with E-state index in [1.807, 2.05) is 34.9 Å². The molecule has 32 heavy (non-hydrogen) atoms. The first-order chi connectivity index (χ1) is 14.4. The maximum absolute atomic E-state index is 13.0. The quantitative estimate of drug-likeness (QED) is 0.471. The molecule has 0 aliphatic carbocycles. The molecule has 0 aliphatic rings. The minimum absolute atomic E-state index is 0.0772. The van der Waals surface area contributed by atoms with Crippen LogP contribution in [0.25, 0.3) is 0 Å². The van der Waals surface area contributed by atoms with Gasteiger partial charge in [-0.2, -0.15) is 0 Å². The Bertz CT molecular complexity index is 857. The van der Waals surface area contributed by atoms with Crippen LogP contribution in [0.2, 0.25) is 0 Å². The Morgan fingerprint density at radius 2 is 1.69 bits per heavy atom. The van der Waals surface area contributed by atoms with Crippen LogP contribution in [0.3, 0.4) is 0 Å². The molecule has 1 heterocycles. The van der Waals surface area contributed by atoms with Gasteiger partial charge in [-0.15, -0.1) is 0 Å². The summed E-state index contributed by atoms with van der Waals surface area (Å²) in [5.74, 6) is 0.302. The Morgan fingerprint density at radius 1 is 1.12 bits per heavy atom. The zero-order valence-corrected chi connectivity index (χ0v) is 22.0. The molecule has 0 radical (unpaired) electrons.